The lowest BCUT2D eigenvalue weighted by Gasteiger charge is -2.11. The van der Waals surface area contributed by atoms with Crippen LogP contribution in [0.25, 0.3) is 0 Å². The number of nitrogens with one attached hydrogen (secondary N) is 1. The Hall–Kier alpha value is -2.27. The first kappa shape index (κ1) is 14.1. The molecule has 2 aromatic rings. The summed E-state index contributed by atoms with van der Waals surface area (Å²) in [5, 5.41) is 2.63. The quantitative estimate of drug-likeness (QED) is 0.854. The molecule has 0 aliphatic heterocycles. The molecule has 0 radical (unpaired) electrons. The fourth-order valence-electron chi connectivity index (χ4n) is 1.86. The lowest BCUT2D eigenvalue weighted by atomic mass is 10.1. The minimum absolute atomic E-state index is 0.0449. The van der Waals surface area contributed by atoms with Gasteiger partial charge in [0.1, 0.15) is 10.8 Å². The summed E-state index contributed by atoms with van der Waals surface area (Å²) in [5.41, 5.74) is 7.26. The highest BCUT2D eigenvalue weighted by Crippen LogP contribution is 2.20. The predicted molar refractivity (Wildman–Crippen MR) is 81.4 cm³/mol. The van der Waals surface area contributed by atoms with Crippen LogP contribution in [0.5, 0.6) is 0 Å². The predicted octanol–water partition coefficient (Wildman–Crippen LogP) is 3.02. The molecule has 102 valence electrons. The lowest BCUT2D eigenvalue weighted by molar-refractivity contribution is 0.102. The molecule has 0 saturated carbocycles. The number of thiocarbonyl (C=S) groups is 1. The van der Waals surface area contributed by atoms with Crippen molar-refractivity contribution in [3.63, 3.8) is 0 Å². The molecule has 0 heterocycles. The summed E-state index contributed by atoms with van der Waals surface area (Å²) >= 11 is 4.81. The summed E-state index contributed by atoms with van der Waals surface area (Å²) in [6, 6.07) is 11.4. The van der Waals surface area contributed by atoms with E-state index in [4.69, 9.17) is 18.0 Å². The maximum Gasteiger partial charge on any atom is 0.255 e. The van der Waals surface area contributed by atoms with E-state index in [0.29, 0.717) is 5.56 Å². The van der Waals surface area contributed by atoms with Crippen molar-refractivity contribution in [1.82, 2.24) is 0 Å². The first-order valence-corrected chi connectivity index (χ1v) is 6.36. The van der Waals surface area contributed by atoms with E-state index in [2.05, 4.69) is 5.32 Å². The van der Waals surface area contributed by atoms with Crippen molar-refractivity contribution < 1.29 is 9.18 Å². The highest BCUT2D eigenvalue weighted by Gasteiger charge is 2.14. The molecule has 0 atom stereocenters. The number of benzene rings is 2. The van der Waals surface area contributed by atoms with Crippen LogP contribution in [0.1, 0.15) is 21.5 Å². The number of rotatable bonds is 3. The Morgan fingerprint density at radius 2 is 1.95 bits per heavy atom. The Morgan fingerprint density at radius 1 is 1.25 bits per heavy atom. The second-order valence-corrected chi connectivity index (χ2v) is 4.79. The largest absolute Gasteiger partial charge is 0.389 e. The third kappa shape index (κ3) is 3.00. The van der Waals surface area contributed by atoms with Crippen LogP contribution in [0.15, 0.2) is 42.5 Å². The van der Waals surface area contributed by atoms with Crippen LogP contribution >= 0.6 is 12.2 Å². The Morgan fingerprint density at radius 3 is 2.60 bits per heavy atom. The minimum Gasteiger partial charge on any atom is -0.389 e. The van der Waals surface area contributed by atoms with E-state index in [9.17, 15) is 9.18 Å². The molecule has 0 fully saturated rings. The smallest absolute Gasteiger partial charge is 0.255 e. The number of carbonyl (C=O) groups is 1. The normalized spacial score (nSPS) is 10.1. The van der Waals surface area contributed by atoms with Crippen molar-refractivity contribution in [3.05, 3.63) is 65.0 Å². The Balaban J connectivity index is 2.33. The molecule has 0 bridgehead atoms. The molecule has 5 heteroatoms. The van der Waals surface area contributed by atoms with Crippen LogP contribution in [0.2, 0.25) is 0 Å². The van der Waals surface area contributed by atoms with Gasteiger partial charge in [-0.3, -0.25) is 4.79 Å². The topological polar surface area (TPSA) is 55.1 Å². The number of anilines is 1. The molecular formula is C15H13FN2OS. The van der Waals surface area contributed by atoms with E-state index in [0.717, 1.165) is 5.56 Å². The highest BCUT2D eigenvalue weighted by molar-refractivity contribution is 7.80. The molecule has 0 aromatic heterocycles. The van der Waals surface area contributed by atoms with Gasteiger partial charge in [-0.05, 0) is 31.2 Å². The molecule has 0 spiro atoms. The monoisotopic (exact) mass is 288 g/mol. The van der Waals surface area contributed by atoms with Crippen LogP contribution in [0, 0.1) is 12.7 Å². The van der Waals surface area contributed by atoms with Crippen molar-refractivity contribution in [1.29, 1.82) is 0 Å². The van der Waals surface area contributed by atoms with Gasteiger partial charge in [0.15, 0.2) is 0 Å². The van der Waals surface area contributed by atoms with Crippen molar-refractivity contribution in [2.45, 2.75) is 6.92 Å². The molecule has 20 heavy (non-hydrogen) atoms. The summed E-state index contributed by atoms with van der Waals surface area (Å²) in [6.45, 7) is 1.89. The van der Waals surface area contributed by atoms with Gasteiger partial charge in [0.2, 0.25) is 0 Å². The van der Waals surface area contributed by atoms with Gasteiger partial charge in [-0.2, -0.15) is 0 Å². The highest BCUT2D eigenvalue weighted by atomic mass is 32.1. The van der Waals surface area contributed by atoms with Crippen LogP contribution in [0.3, 0.4) is 0 Å². The van der Waals surface area contributed by atoms with Gasteiger partial charge in [0.25, 0.3) is 5.91 Å². The number of amides is 1. The van der Waals surface area contributed by atoms with Gasteiger partial charge in [-0.25, -0.2) is 4.39 Å². The van der Waals surface area contributed by atoms with Crippen molar-refractivity contribution >= 4 is 28.8 Å². The molecule has 0 unspecified atom stereocenters. The third-order valence-electron chi connectivity index (χ3n) is 2.79. The van der Waals surface area contributed by atoms with Crippen molar-refractivity contribution in [3.8, 4) is 0 Å². The van der Waals surface area contributed by atoms with Gasteiger partial charge >= 0.3 is 0 Å². The molecule has 0 aliphatic rings. The second kappa shape index (κ2) is 5.79. The van der Waals surface area contributed by atoms with E-state index >= 15 is 0 Å². The van der Waals surface area contributed by atoms with Crippen molar-refractivity contribution in [2.75, 3.05) is 5.32 Å². The number of nitrogens with two attached hydrogens (primary N) is 1. The van der Waals surface area contributed by atoms with Gasteiger partial charge in [-0.1, -0.05) is 36.0 Å². The molecule has 2 rings (SSSR count). The first-order chi connectivity index (χ1) is 9.49. The van der Waals surface area contributed by atoms with E-state index in [1.807, 2.05) is 13.0 Å². The standard InChI is InChI=1S/C15H13FN2OS/c1-9-4-2-5-10(8-9)15(19)18-12-7-3-6-11(16)13(12)14(17)20/h2-8H,1H3,(H2,17,20)(H,18,19). The zero-order chi connectivity index (χ0) is 14.7. The number of halogens is 1. The van der Waals surface area contributed by atoms with Crippen LogP contribution in [0.4, 0.5) is 10.1 Å². The minimum atomic E-state index is -0.556. The summed E-state index contributed by atoms with van der Waals surface area (Å²) < 4.78 is 13.7. The number of carbonyl (C=O) groups excluding carboxylic acids is 1. The average Bonchev–Trinajstić information content (AvgIpc) is 2.38. The molecule has 0 saturated heterocycles. The molecule has 1 amide bonds. The summed E-state index contributed by atoms with van der Waals surface area (Å²) in [4.78, 5) is 12.0. The Kier molecular flexibility index (Phi) is 4.10. The van der Waals surface area contributed by atoms with Crippen LogP contribution < -0.4 is 11.1 Å². The summed E-state index contributed by atoms with van der Waals surface area (Å²) in [7, 11) is 0. The first-order valence-electron chi connectivity index (χ1n) is 5.95. The van der Waals surface area contributed by atoms with Crippen molar-refractivity contribution in [2.24, 2.45) is 5.73 Å². The molecule has 3 nitrogen and oxygen atoms in total. The lowest BCUT2D eigenvalue weighted by Crippen LogP contribution is -2.19. The molecule has 3 N–H and O–H groups in total. The number of hydrogen-bond acceptors (Lipinski definition) is 2. The van der Waals surface area contributed by atoms with E-state index in [1.165, 1.54) is 12.1 Å². The summed E-state index contributed by atoms with van der Waals surface area (Å²) in [6.07, 6.45) is 0. The zero-order valence-corrected chi connectivity index (χ0v) is 11.6. The van der Waals surface area contributed by atoms with Gasteiger partial charge in [0.05, 0.1) is 11.3 Å². The van der Waals surface area contributed by atoms with Crippen LogP contribution in [-0.4, -0.2) is 10.9 Å². The van der Waals surface area contributed by atoms with Gasteiger partial charge in [0, 0.05) is 5.56 Å². The average molecular weight is 288 g/mol. The maximum atomic E-state index is 13.7. The van der Waals surface area contributed by atoms with Gasteiger partial charge in [-0.15, -0.1) is 0 Å². The SMILES string of the molecule is Cc1cccc(C(=O)Nc2cccc(F)c2C(N)=S)c1. The fourth-order valence-corrected chi connectivity index (χ4v) is 2.07. The Labute approximate surface area is 121 Å². The third-order valence-corrected chi connectivity index (χ3v) is 2.99. The molecule has 0 aliphatic carbocycles. The number of hydrogen-bond donors (Lipinski definition) is 2. The van der Waals surface area contributed by atoms with E-state index in [1.54, 1.807) is 24.3 Å². The summed E-state index contributed by atoms with van der Waals surface area (Å²) in [5.74, 6) is -0.892. The maximum absolute atomic E-state index is 13.7. The zero-order valence-electron chi connectivity index (χ0n) is 10.8. The molecular weight excluding hydrogens is 275 g/mol. The fraction of sp³-hybridized carbons (Fsp3) is 0.0667. The van der Waals surface area contributed by atoms with Crippen LogP contribution in [-0.2, 0) is 0 Å². The van der Waals surface area contributed by atoms with E-state index < -0.39 is 5.82 Å². The second-order valence-electron chi connectivity index (χ2n) is 4.35. The van der Waals surface area contributed by atoms with E-state index in [-0.39, 0.29) is 22.1 Å². The Bertz CT molecular complexity index is 685. The van der Waals surface area contributed by atoms with Gasteiger partial charge < -0.3 is 11.1 Å². The molecule has 2 aromatic carbocycles. The number of aryl methyl sites for hydroxylation is 1.